The summed E-state index contributed by atoms with van der Waals surface area (Å²) in [5.41, 5.74) is 7.31. The predicted octanol–water partition coefficient (Wildman–Crippen LogP) is 2.08. The summed E-state index contributed by atoms with van der Waals surface area (Å²) >= 11 is 0. The van der Waals surface area contributed by atoms with Crippen LogP contribution in [-0.4, -0.2) is 14.9 Å². The van der Waals surface area contributed by atoms with Gasteiger partial charge in [-0.3, -0.25) is 4.68 Å². The van der Waals surface area contributed by atoms with E-state index in [9.17, 15) is 9.50 Å². The van der Waals surface area contributed by atoms with Gasteiger partial charge in [0, 0.05) is 18.7 Å². The smallest absolute Gasteiger partial charge is 0.165 e. The Morgan fingerprint density at radius 3 is 2.65 bits per heavy atom. The van der Waals surface area contributed by atoms with Crippen molar-refractivity contribution in [3.05, 3.63) is 29.6 Å². The molecule has 1 heterocycles. The second-order valence-electron chi connectivity index (χ2n) is 3.91. The summed E-state index contributed by atoms with van der Waals surface area (Å²) in [6.45, 7) is 1.92. The average Bonchev–Trinajstić information content (AvgIpc) is 2.62. The minimum Gasteiger partial charge on any atom is -0.504 e. The molecule has 5 heteroatoms. The van der Waals surface area contributed by atoms with Crippen LogP contribution in [0, 0.1) is 5.82 Å². The van der Waals surface area contributed by atoms with Crippen LogP contribution in [0.4, 0.5) is 10.2 Å². The molecular formula is C12H14FN3O. The molecule has 0 radical (unpaired) electrons. The highest BCUT2D eigenvalue weighted by molar-refractivity contribution is 5.70. The minimum absolute atomic E-state index is 0.370. The molecule has 0 aliphatic heterocycles. The number of nitrogens with zero attached hydrogens (tertiary/aromatic N) is 2. The molecule has 0 fully saturated rings. The Bertz CT molecular complexity index is 544. The summed E-state index contributed by atoms with van der Waals surface area (Å²) in [6, 6.07) is 4.65. The van der Waals surface area contributed by atoms with Crippen molar-refractivity contribution in [3.63, 3.8) is 0 Å². The molecule has 0 unspecified atom stereocenters. The van der Waals surface area contributed by atoms with Crippen molar-refractivity contribution < 1.29 is 9.50 Å². The SMILES string of the molecule is CCc1cc(F)c(O)c(-c2cc(N)n(C)n2)c1. The number of aromatic nitrogens is 2. The molecule has 17 heavy (non-hydrogen) atoms. The number of phenols is 1. The zero-order valence-corrected chi connectivity index (χ0v) is 9.74. The predicted molar refractivity (Wildman–Crippen MR) is 64.1 cm³/mol. The molecule has 2 rings (SSSR count). The zero-order chi connectivity index (χ0) is 12.6. The number of benzene rings is 1. The molecule has 0 atom stereocenters. The topological polar surface area (TPSA) is 64.1 Å². The number of phenolic OH excluding ortho intramolecular Hbond substituents is 1. The maximum Gasteiger partial charge on any atom is 0.165 e. The van der Waals surface area contributed by atoms with Crippen molar-refractivity contribution in [1.82, 2.24) is 9.78 Å². The zero-order valence-electron chi connectivity index (χ0n) is 9.74. The number of aromatic hydroxyl groups is 1. The van der Waals surface area contributed by atoms with Crippen LogP contribution < -0.4 is 5.73 Å². The lowest BCUT2D eigenvalue weighted by Crippen LogP contribution is -1.96. The van der Waals surface area contributed by atoms with Gasteiger partial charge in [-0.2, -0.15) is 5.10 Å². The summed E-state index contributed by atoms with van der Waals surface area (Å²) in [7, 11) is 1.69. The van der Waals surface area contributed by atoms with E-state index >= 15 is 0 Å². The Balaban J connectivity index is 2.61. The van der Waals surface area contributed by atoms with Gasteiger partial charge >= 0.3 is 0 Å². The van der Waals surface area contributed by atoms with Gasteiger partial charge in [-0.1, -0.05) is 6.92 Å². The molecule has 3 N–H and O–H groups in total. The Labute approximate surface area is 98.5 Å². The molecule has 2 aromatic rings. The summed E-state index contributed by atoms with van der Waals surface area (Å²) in [6.07, 6.45) is 0.687. The highest BCUT2D eigenvalue weighted by atomic mass is 19.1. The van der Waals surface area contributed by atoms with Crippen molar-refractivity contribution in [2.24, 2.45) is 7.05 Å². The van der Waals surface area contributed by atoms with Crippen LogP contribution in [-0.2, 0) is 13.5 Å². The number of hydrogen-bond donors (Lipinski definition) is 2. The molecule has 0 aliphatic rings. The van der Waals surface area contributed by atoms with E-state index in [0.29, 0.717) is 23.5 Å². The summed E-state index contributed by atoms with van der Waals surface area (Å²) < 4.78 is 15.0. The van der Waals surface area contributed by atoms with E-state index in [2.05, 4.69) is 5.10 Å². The number of anilines is 1. The van der Waals surface area contributed by atoms with Crippen molar-refractivity contribution in [3.8, 4) is 17.0 Å². The van der Waals surface area contributed by atoms with Crippen molar-refractivity contribution in [1.29, 1.82) is 0 Å². The van der Waals surface area contributed by atoms with Crippen molar-refractivity contribution in [2.45, 2.75) is 13.3 Å². The monoisotopic (exact) mass is 235 g/mol. The molecule has 90 valence electrons. The molecule has 1 aromatic carbocycles. The summed E-state index contributed by atoms with van der Waals surface area (Å²) in [5, 5.41) is 13.8. The molecule has 4 nitrogen and oxygen atoms in total. The Morgan fingerprint density at radius 2 is 2.12 bits per heavy atom. The van der Waals surface area contributed by atoms with E-state index in [0.717, 1.165) is 5.56 Å². The molecule has 0 aliphatic carbocycles. The average molecular weight is 235 g/mol. The van der Waals surface area contributed by atoms with Gasteiger partial charge in [0.05, 0.1) is 5.69 Å². The standard InChI is InChI=1S/C12H14FN3O/c1-3-7-4-8(12(17)9(13)5-7)10-6-11(14)16(2)15-10/h4-6,17H,3,14H2,1-2H3. The van der Waals surface area contributed by atoms with Gasteiger partial charge in [0.1, 0.15) is 5.82 Å². The van der Waals surface area contributed by atoms with Crippen molar-refractivity contribution >= 4 is 5.82 Å². The van der Waals surface area contributed by atoms with Gasteiger partial charge < -0.3 is 10.8 Å². The first-order valence-corrected chi connectivity index (χ1v) is 5.34. The van der Waals surface area contributed by atoms with Crippen molar-refractivity contribution in [2.75, 3.05) is 5.73 Å². The Morgan fingerprint density at radius 1 is 1.41 bits per heavy atom. The molecule has 0 amide bonds. The minimum atomic E-state index is -0.636. The number of rotatable bonds is 2. The Kier molecular flexibility index (Phi) is 2.75. The van der Waals surface area contributed by atoms with E-state index in [4.69, 9.17) is 5.73 Å². The summed E-state index contributed by atoms with van der Waals surface area (Å²) in [5.74, 6) is -0.564. The normalized spacial score (nSPS) is 10.8. The van der Waals surface area contributed by atoms with Gasteiger partial charge in [-0.25, -0.2) is 4.39 Å². The Hall–Kier alpha value is -2.04. The molecule has 0 saturated heterocycles. The highest BCUT2D eigenvalue weighted by Crippen LogP contribution is 2.32. The van der Waals surface area contributed by atoms with Crippen LogP contribution in [0.25, 0.3) is 11.3 Å². The van der Waals surface area contributed by atoms with Gasteiger partial charge in [-0.15, -0.1) is 0 Å². The number of aryl methyl sites for hydroxylation is 2. The molecule has 0 saturated carbocycles. The third-order valence-corrected chi connectivity index (χ3v) is 2.72. The maximum atomic E-state index is 13.5. The van der Waals surface area contributed by atoms with Crippen LogP contribution in [0.3, 0.4) is 0 Å². The first-order valence-electron chi connectivity index (χ1n) is 5.34. The number of nitrogens with two attached hydrogens (primary N) is 1. The number of halogens is 1. The van der Waals surface area contributed by atoms with E-state index in [-0.39, 0.29) is 5.75 Å². The lowest BCUT2D eigenvalue weighted by atomic mass is 10.0. The van der Waals surface area contributed by atoms with Crippen LogP contribution in [0.5, 0.6) is 5.75 Å². The molecule has 0 spiro atoms. The largest absolute Gasteiger partial charge is 0.504 e. The summed E-state index contributed by atoms with van der Waals surface area (Å²) in [4.78, 5) is 0. The third kappa shape index (κ3) is 1.95. The second-order valence-corrected chi connectivity index (χ2v) is 3.91. The molecular weight excluding hydrogens is 221 g/mol. The lowest BCUT2D eigenvalue weighted by molar-refractivity contribution is 0.433. The first kappa shape index (κ1) is 11.4. The van der Waals surface area contributed by atoms with E-state index in [1.807, 2.05) is 6.92 Å². The van der Waals surface area contributed by atoms with E-state index in [1.54, 1.807) is 19.2 Å². The van der Waals surface area contributed by atoms with Gasteiger partial charge in [-0.05, 0) is 24.1 Å². The van der Waals surface area contributed by atoms with Crippen LogP contribution in [0.1, 0.15) is 12.5 Å². The van der Waals surface area contributed by atoms with Gasteiger partial charge in [0.2, 0.25) is 0 Å². The van der Waals surface area contributed by atoms with Crippen LogP contribution in [0.15, 0.2) is 18.2 Å². The fraction of sp³-hybridized carbons (Fsp3) is 0.250. The second kappa shape index (κ2) is 4.08. The third-order valence-electron chi connectivity index (χ3n) is 2.72. The lowest BCUT2D eigenvalue weighted by Gasteiger charge is -2.05. The van der Waals surface area contributed by atoms with Crippen LogP contribution in [0.2, 0.25) is 0 Å². The fourth-order valence-corrected chi connectivity index (χ4v) is 1.67. The maximum absolute atomic E-state index is 13.5. The molecule has 1 aromatic heterocycles. The van der Waals surface area contributed by atoms with Gasteiger partial charge in [0.25, 0.3) is 0 Å². The van der Waals surface area contributed by atoms with Gasteiger partial charge in [0.15, 0.2) is 11.6 Å². The quantitative estimate of drug-likeness (QED) is 0.837. The van der Waals surface area contributed by atoms with E-state index in [1.165, 1.54) is 10.7 Å². The van der Waals surface area contributed by atoms with E-state index < -0.39 is 5.82 Å². The molecule has 0 bridgehead atoms. The first-order chi connectivity index (χ1) is 8.02. The van der Waals surface area contributed by atoms with Crippen LogP contribution >= 0.6 is 0 Å². The number of hydrogen-bond acceptors (Lipinski definition) is 3. The highest BCUT2D eigenvalue weighted by Gasteiger charge is 2.14. The number of nitrogen functional groups attached to an aromatic ring is 1. The fourth-order valence-electron chi connectivity index (χ4n) is 1.67.